The van der Waals surface area contributed by atoms with Crippen LogP contribution < -0.4 is 0 Å². The van der Waals surface area contributed by atoms with Gasteiger partial charge in [0.25, 0.3) is 0 Å². The number of rotatable bonds is 4. The van der Waals surface area contributed by atoms with E-state index in [2.05, 4.69) is 26.7 Å². The van der Waals surface area contributed by atoms with Crippen molar-refractivity contribution >= 4 is 11.8 Å². The molecule has 29 heavy (non-hydrogen) atoms. The van der Waals surface area contributed by atoms with Gasteiger partial charge in [0.1, 0.15) is 17.5 Å². The Morgan fingerprint density at radius 2 is 2.10 bits per heavy atom. The van der Waals surface area contributed by atoms with E-state index in [0.717, 1.165) is 47.9 Å². The van der Waals surface area contributed by atoms with Crippen molar-refractivity contribution in [2.24, 2.45) is 0 Å². The molecule has 5 rings (SSSR count). The van der Waals surface area contributed by atoms with Crippen LogP contribution in [0, 0.1) is 5.82 Å². The molecule has 1 aliphatic heterocycles. The second kappa shape index (κ2) is 6.92. The molecule has 7 heteroatoms. The number of aliphatic hydroxyl groups excluding tert-OH is 1. The standard InChI is InChI=1S/C22H23FN4OS/c1-21(14-28)12-19-25-26-20(27(19)9-10-29-21)22(6-7-22)16-4-5-17(18(23)11-16)15-3-2-8-24-13-15/h2-5,8,11,13,28H,6-7,9-10,12,14H2,1H3/t21-/m0/s1. The fraction of sp³-hybridized carbons (Fsp3) is 0.409. The summed E-state index contributed by atoms with van der Waals surface area (Å²) in [6.45, 7) is 3.00. The first-order valence-corrected chi connectivity index (χ1v) is 10.9. The zero-order valence-electron chi connectivity index (χ0n) is 16.3. The predicted octanol–water partition coefficient (Wildman–Crippen LogP) is 3.60. The summed E-state index contributed by atoms with van der Waals surface area (Å²) in [6.07, 6.45) is 5.94. The normalized spacial score (nSPS) is 22.7. The van der Waals surface area contributed by atoms with Gasteiger partial charge in [-0.05, 0) is 37.5 Å². The van der Waals surface area contributed by atoms with Gasteiger partial charge in [-0.3, -0.25) is 4.98 Å². The SMILES string of the molecule is C[C@@]1(CO)Cc2nnc(C3(c4ccc(-c5cccnc5)c(F)c4)CC3)n2CCS1. The summed E-state index contributed by atoms with van der Waals surface area (Å²) in [6, 6.07) is 9.20. The number of aliphatic hydroxyl groups is 1. The molecule has 0 saturated heterocycles. The molecular formula is C22H23FN4OS. The van der Waals surface area contributed by atoms with Crippen molar-refractivity contribution in [1.82, 2.24) is 19.7 Å². The lowest BCUT2D eigenvalue weighted by molar-refractivity contribution is 0.254. The Labute approximate surface area is 173 Å². The molecule has 1 atom stereocenters. The minimum atomic E-state index is -0.260. The minimum Gasteiger partial charge on any atom is -0.395 e. The Hall–Kier alpha value is -2.25. The van der Waals surface area contributed by atoms with Crippen molar-refractivity contribution in [3.8, 4) is 11.1 Å². The Bertz CT molecular complexity index is 1050. The first kappa shape index (κ1) is 18.8. The van der Waals surface area contributed by atoms with Gasteiger partial charge in [0, 0.05) is 47.0 Å². The zero-order valence-corrected chi connectivity index (χ0v) is 17.1. The maximum absolute atomic E-state index is 15.0. The summed E-state index contributed by atoms with van der Waals surface area (Å²) in [7, 11) is 0. The molecule has 0 radical (unpaired) electrons. The van der Waals surface area contributed by atoms with Crippen molar-refractivity contribution in [3.05, 3.63) is 65.8 Å². The maximum Gasteiger partial charge on any atom is 0.143 e. The van der Waals surface area contributed by atoms with Gasteiger partial charge < -0.3 is 9.67 Å². The Morgan fingerprint density at radius 1 is 1.24 bits per heavy atom. The molecule has 5 nitrogen and oxygen atoms in total. The van der Waals surface area contributed by atoms with Crippen LogP contribution in [0.15, 0.2) is 42.7 Å². The van der Waals surface area contributed by atoms with Crippen LogP contribution >= 0.6 is 11.8 Å². The number of pyridine rings is 1. The number of nitrogens with zero attached hydrogens (tertiary/aromatic N) is 4. The van der Waals surface area contributed by atoms with E-state index >= 15 is 0 Å². The van der Waals surface area contributed by atoms with Crippen molar-refractivity contribution in [2.45, 2.75) is 42.9 Å². The molecule has 3 aromatic rings. The Morgan fingerprint density at radius 3 is 2.79 bits per heavy atom. The average Bonchev–Trinajstić information content (AvgIpc) is 3.48. The molecule has 3 heterocycles. The Kier molecular flexibility index (Phi) is 4.47. The lowest BCUT2D eigenvalue weighted by Crippen LogP contribution is -2.28. The molecule has 0 amide bonds. The molecule has 1 N–H and O–H groups in total. The van der Waals surface area contributed by atoms with Gasteiger partial charge in [0.2, 0.25) is 0 Å². The molecule has 0 unspecified atom stereocenters. The molecule has 1 aromatic carbocycles. The predicted molar refractivity (Wildman–Crippen MR) is 111 cm³/mol. The number of hydrogen-bond donors (Lipinski definition) is 1. The molecule has 1 fully saturated rings. The van der Waals surface area contributed by atoms with Crippen LogP contribution in [0.3, 0.4) is 0 Å². The number of thioether (sulfide) groups is 1. The monoisotopic (exact) mass is 410 g/mol. The molecule has 150 valence electrons. The summed E-state index contributed by atoms with van der Waals surface area (Å²) in [5, 5.41) is 18.8. The van der Waals surface area contributed by atoms with E-state index in [1.54, 1.807) is 30.2 Å². The molecule has 0 spiro atoms. The molecule has 1 saturated carbocycles. The van der Waals surface area contributed by atoms with E-state index in [4.69, 9.17) is 0 Å². The summed E-state index contributed by atoms with van der Waals surface area (Å²) in [5.74, 6) is 2.52. The third-order valence-electron chi connectivity index (χ3n) is 6.13. The molecular weight excluding hydrogens is 387 g/mol. The highest BCUT2D eigenvalue weighted by atomic mass is 32.2. The van der Waals surface area contributed by atoms with Crippen LogP contribution in [0.25, 0.3) is 11.1 Å². The van der Waals surface area contributed by atoms with Crippen LogP contribution in [-0.2, 0) is 18.4 Å². The summed E-state index contributed by atoms with van der Waals surface area (Å²) >= 11 is 1.78. The van der Waals surface area contributed by atoms with Gasteiger partial charge in [-0.25, -0.2) is 4.39 Å². The van der Waals surface area contributed by atoms with Gasteiger partial charge in [-0.15, -0.1) is 10.2 Å². The van der Waals surface area contributed by atoms with E-state index in [0.29, 0.717) is 12.0 Å². The lowest BCUT2D eigenvalue weighted by atomic mass is 9.92. The fourth-order valence-electron chi connectivity index (χ4n) is 4.26. The van der Waals surface area contributed by atoms with Crippen molar-refractivity contribution < 1.29 is 9.50 Å². The number of halogens is 1. The zero-order chi connectivity index (χ0) is 20.1. The lowest BCUT2D eigenvalue weighted by Gasteiger charge is -2.23. The third-order valence-corrected chi connectivity index (χ3v) is 7.49. The van der Waals surface area contributed by atoms with Gasteiger partial charge in [0.15, 0.2) is 0 Å². The Balaban J connectivity index is 1.51. The van der Waals surface area contributed by atoms with Crippen molar-refractivity contribution in [2.75, 3.05) is 12.4 Å². The molecule has 1 aliphatic carbocycles. The average molecular weight is 411 g/mol. The van der Waals surface area contributed by atoms with Gasteiger partial charge >= 0.3 is 0 Å². The maximum atomic E-state index is 15.0. The van der Waals surface area contributed by atoms with Crippen LogP contribution in [0.4, 0.5) is 4.39 Å². The van der Waals surface area contributed by atoms with E-state index in [1.807, 2.05) is 24.3 Å². The van der Waals surface area contributed by atoms with Crippen molar-refractivity contribution in [3.63, 3.8) is 0 Å². The quantitative estimate of drug-likeness (QED) is 0.712. The van der Waals surface area contributed by atoms with Crippen molar-refractivity contribution in [1.29, 1.82) is 0 Å². The third kappa shape index (κ3) is 3.16. The number of aromatic nitrogens is 4. The highest BCUT2D eigenvalue weighted by Crippen LogP contribution is 2.53. The van der Waals surface area contributed by atoms with E-state index in [-0.39, 0.29) is 22.6 Å². The topological polar surface area (TPSA) is 63.8 Å². The summed E-state index contributed by atoms with van der Waals surface area (Å²) < 4.78 is 17.0. The highest BCUT2D eigenvalue weighted by Gasteiger charge is 2.51. The summed E-state index contributed by atoms with van der Waals surface area (Å²) in [5.41, 5.74) is 2.04. The van der Waals surface area contributed by atoms with E-state index in [1.165, 1.54) is 0 Å². The van der Waals surface area contributed by atoms with Gasteiger partial charge in [0.05, 0.1) is 12.0 Å². The smallest absolute Gasteiger partial charge is 0.143 e. The highest BCUT2D eigenvalue weighted by molar-refractivity contribution is 8.00. The van der Waals surface area contributed by atoms with Gasteiger partial charge in [-0.1, -0.05) is 18.2 Å². The fourth-order valence-corrected chi connectivity index (χ4v) is 5.35. The molecule has 0 bridgehead atoms. The number of benzene rings is 1. The first-order chi connectivity index (χ1) is 14.0. The van der Waals surface area contributed by atoms with E-state index in [9.17, 15) is 9.50 Å². The second-order valence-electron chi connectivity index (χ2n) is 8.24. The summed E-state index contributed by atoms with van der Waals surface area (Å²) in [4.78, 5) is 4.09. The van der Waals surface area contributed by atoms with Crippen LogP contribution in [-0.4, -0.2) is 42.0 Å². The molecule has 2 aliphatic rings. The molecule has 2 aromatic heterocycles. The van der Waals surface area contributed by atoms with Crippen LogP contribution in [0.2, 0.25) is 0 Å². The largest absolute Gasteiger partial charge is 0.395 e. The van der Waals surface area contributed by atoms with Gasteiger partial charge in [-0.2, -0.15) is 11.8 Å². The number of fused-ring (bicyclic) bond motifs is 1. The van der Waals surface area contributed by atoms with Crippen LogP contribution in [0.1, 0.15) is 37.0 Å². The first-order valence-electron chi connectivity index (χ1n) is 9.92. The number of hydrogen-bond acceptors (Lipinski definition) is 5. The van der Waals surface area contributed by atoms with Crippen LogP contribution in [0.5, 0.6) is 0 Å². The van der Waals surface area contributed by atoms with E-state index < -0.39 is 0 Å². The second-order valence-corrected chi connectivity index (χ2v) is 9.93. The minimum absolute atomic E-state index is 0.117.